The van der Waals surface area contributed by atoms with Gasteiger partial charge in [-0.15, -0.1) is 0 Å². The molecule has 82 valence electrons. The lowest BCUT2D eigenvalue weighted by Crippen LogP contribution is -2.25. The van der Waals surface area contributed by atoms with Crippen molar-refractivity contribution in [2.24, 2.45) is 0 Å². The Morgan fingerprint density at radius 2 is 1.79 bits per heavy atom. The molecule has 5 heteroatoms. The molecule has 0 fully saturated rings. The first-order valence-corrected chi connectivity index (χ1v) is 5.93. The molecule has 0 aromatic heterocycles. The molecular formula is C9H17BrN2O2. The summed E-state index contributed by atoms with van der Waals surface area (Å²) in [5, 5.41) is 5.76. The monoisotopic (exact) mass is 264 g/mol. The zero-order chi connectivity index (χ0) is 10.6. The Morgan fingerprint density at radius 3 is 2.36 bits per heavy atom. The molecule has 0 aliphatic rings. The molecule has 0 radical (unpaired) electrons. The molecule has 0 aromatic rings. The number of amides is 2. The van der Waals surface area contributed by atoms with Gasteiger partial charge in [0.25, 0.3) is 0 Å². The Bertz CT molecular complexity index is 165. The van der Waals surface area contributed by atoms with Gasteiger partial charge < -0.3 is 10.6 Å². The second-order valence-electron chi connectivity index (χ2n) is 2.97. The van der Waals surface area contributed by atoms with Crippen LogP contribution in [0.2, 0.25) is 0 Å². The van der Waals surface area contributed by atoms with E-state index in [1.165, 1.54) is 0 Å². The van der Waals surface area contributed by atoms with E-state index in [0.717, 1.165) is 45.2 Å². The highest BCUT2D eigenvalue weighted by atomic mass is 79.9. The number of halogens is 1. The van der Waals surface area contributed by atoms with E-state index >= 15 is 0 Å². The van der Waals surface area contributed by atoms with Gasteiger partial charge in [0.1, 0.15) is 0 Å². The van der Waals surface area contributed by atoms with Crippen LogP contribution in [0.25, 0.3) is 0 Å². The molecule has 0 aliphatic carbocycles. The summed E-state index contributed by atoms with van der Waals surface area (Å²) in [5.74, 6) is 0.0348. The van der Waals surface area contributed by atoms with E-state index in [2.05, 4.69) is 26.6 Å². The van der Waals surface area contributed by atoms with Crippen molar-refractivity contribution in [2.45, 2.75) is 25.7 Å². The van der Waals surface area contributed by atoms with Crippen molar-refractivity contribution in [1.82, 2.24) is 10.6 Å². The van der Waals surface area contributed by atoms with Crippen molar-refractivity contribution in [3.63, 3.8) is 0 Å². The smallest absolute Gasteiger partial charge is 0.230 e. The van der Waals surface area contributed by atoms with Gasteiger partial charge in [0.2, 0.25) is 12.3 Å². The molecule has 0 bridgehead atoms. The standard InChI is InChI=1S/C9H17BrN2O2/c10-7-9(14)12-6-4-2-1-3-5-11-8-13/h8H,1-7H2,(H,11,13)(H,12,14). The first kappa shape index (κ1) is 13.4. The number of rotatable bonds is 9. The molecule has 0 rings (SSSR count). The van der Waals surface area contributed by atoms with Gasteiger partial charge in [0.05, 0.1) is 5.33 Å². The number of carbonyl (C=O) groups excluding carboxylic acids is 2. The first-order chi connectivity index (χ1) is 6.81. The molecule has 0 heterocycles. The summed E-state index contributed by atoms with van der Waals surface area (Å²) < 4.78 is 0. The predicted molar refractivity (Wildman–Crippen MR) is 59.3 cm³/mol. The highest BCUT2D eigenvalue weighted by molar-refractivity contribution is 9.09. The lowest BCUT2D eigenvalue weighted by atomic mass is 10.2. The first-order valence-electron chi connectivity index (χ1n) is 4.81. The van der Waals surface area contributed by atoms with Gasteiger partial charge in [-0.3, -0.25) is 9.59 Å². The van der Waals surface area contributed by atoms with Crippen LogP contribution in [0.1, 0.15) is 25.7 Å². The van der Waals surface area contributed by atoms with Crippen LogP contribution in [0, 0.1) is 0 Å². The van der Waals surface area contributed by atoms with E-state index < -0.39 is 0 Å². The predicted octanol–water partition coefficient (Wildman–Crippen LogP) is 0.804. The van der Waals surface area contributed by atoms with Crippen LogP contribution in [0.5, 0.6) is 0 Å². The topological polar surface area (TPSA) is 58.2 Å². The summed E-state index contributed by atoms with van der Waals surface area (Å²) in [7, 11) is 0. The van der Waals surface area contributed by atoms with Crippen molar-refractivity contribution >= 4 is 28.2 Å². The summed E-state index contributed by atoms with van der Waals surface area (Å²) in [6.45, 7) is 1.49. The minimum absolute atomic E-state index is 0.0348. The molecule has 0 saturated heterocycles. The fraction of sp³-hybridized carbons (Fsp3) is 0.778. The second kappa shape index (κ2) is 10.5. The van der Waals surface area contributed by atoms with E-state index in [1.807, 2.05) is 0 Å². The Morgan fingerprint density at radius 1 is 1.14 bits per heavy atom. The van der Waals surface area contributed by atoms with E-state index in [9.17, 15) is 9.59 Å². The zero-order valence-electron chi connectivity index (χ0n) is 8.22. The average Bonchev–Trinajstić information content (AvgIpc) is 2.21. The minimum Gasteiger partial charge on any atom is -0.359 e. The summed E-state index contributed by atoms with van der Waals surface area (Å²) in [6, 6.07) is 0. The number of carbonyl (C=O) groups is 2. The van der Waals surface area contributed by atoms with Gasteiger partial charge in [0.15, 0.2) is 0 Å². The molecule has 0 aromatic carbocycles. The van der Waals surface area contributed by atoms with Gasteiger partial charge in [-0.05, 0) is 12.8 Å². The van der Waals surface area contributed by atoms with Crippen LogP contribution < -0.4 is 10.6 Å². The van der Waals surface area contributed by atoms with Crippen molar-refractivity contribution < 1.29 is 9.59 Å². The van der Waals surface area contributed by atoms with Crippen molar-refractivity contribution in [2.75, 3.05) is 18.4 Å². The van der Waals surface area contributed by atoms with Gasteiger partial charge in [0, 0.05) is 13.1 Å². The maximum absolute atomic E-state index is 10.8. The Labute approximate surface area is 92.9 Å². The summed E-state index contributed by atoms with van der Waals surface area (Å²) >= 11 is 3.07. The number of unbranched alkanes of at least 4 members (excludes halogenated alkanes) is 3. The third kappa shape index (κ3) is 9.51. The molecule has 0 saturated carbocycles. The second-order valence-corrected chi connectivity index (χ2v) is 3.53. The van der Waals surface area contributed by atoms with Crippen molar-refractivity contribution in [1.29, 1.82) is 0 Å². The summed E-state index contributed by atoms with van der Waals surface area (Å²) in [5.41, 5.74) is 0. The van der Waals surface area contributed by atoms with E-state index in [-0.39, 0.29) is 5.91 Å². The van der Waals surface area contributed by atoms with E-state index in [0.29, 0.717) is 5.33 Å². The van der Waals surface area contributed by atoms with Gasteiger partial charge in [-0.2, -0.15) is 0 Å². The maximum Gasteiger partial charge on any atom is 0.230 e. The van der Waals surface area contributed by atoms with Gasteiger partial charge >= 0.3 is 0 Å². The zero-order valence-corrected chi connectivity index (χ0v) is 9.81. The molecule has 2 amide bonds. The van der Waals surface area contributed by atoms with Crippen molar-refractivity contribution in [3.05, 3.63) is 0 Å². The van der Waals surface area contributed by atoms with Gasteiger partial charge in [-0.25, -0.2) is 0 Å². The molecule has 0 aliphatic heterocycles. The van der Waals surface area contributed by atoms with E-state index in [4.69, 9.17) is 0 Å². The summed E-state index contributed by atoms with van der Waals surface area (Å²) in [6.07, 6.45) is 4.90. The lowest BCUT2D eigenvalue weighted by molar-refractivity contribution is -0.118. The number of alkyl halides is 1. The third-order valence-electron chi connectivity index (χ3n) is 1.77. The normalized spacial score (nSPS) is 9.50. The average molecular weight is 265 g/mol. The highest BCUT2D eigenvalue weighted by Gasteiger charge is 1.95. The van der Waals surface area contributed by atoms with Crippen LogP contribution in [0.3, 0.4) is 0 Å². The molecule has 0 atom stereocenters. The van der Waals surface area contributed by atoms with Crippen LogP contribution >= 0.6 is 15.9 Å². The number of hydrogen-bond donors (Lipinski definition) is 2. The minimum atomic E-state index is 0.0348. The Hall–Kier alpha value is -0.580. The fourth-order valence-electron chi connectivity index (χ4n) is 1.04. The van der Waals surface area contributed by atoms with Crippen LogP contribution in [-0.4, -0.2) is 30.7 Å². The third-order valence-corrected chi connectivity index (χ3v) is 2.28. The molecular weight excluding hydrogens is 248 g/mol. The Balaban J connectivity index is 2.98. The van der Waals surface area contributed by atoms with Crippen molar-refractivity contribution in [3.8, 4) is 0 Å². The Kier molecular flexibility index (Phi) is 10.1. The SMILES string of the molecule is O=CNCCCCCCNC(=O)CBr. The molecule has 0 spiro atoms. The molecule has 0 unspecified atom stereocenters. The number of nitrogens with one attached hydrogen (secondary N) is 2. The molecule has 4 nitrogen and oxygen atoms in total. The largest absolute Gasteiger partial charge is 0.359 e. The van der Waals surface area contributed by atoms with E-state index in [1.54, 1.807) is 0 Å². The van der Waals surface area contributed by atoms with Gasteiger partial charge in [-0.1, -0.05) is 28.8 Å². The van der Waals surface area contributed by atoms with Crippen LogP contribution in [-0.2, 0) is 9.59 Å². The quantitative estimate of drug-likeness (QED) is 0.368. The highest BCUT2D eigenvalue weighted by Crippen LogP contribution is 1.97. The van der Waals surface area contributed by atoms with Crippen LogP contribution in [0.15, 0.2) is 0 Å². The fourth-order valence-corrected chi connectivity index (χ4v) is 1.24. The summed E-state index contributed by atoms with van der Waals surface area (Å²) in [4.78, 5) is 20.7. The number of hydrogen-bond acceptors (Lipinski definition) is 2. The lowest BCUT2D eigenvalue weighted by Gasteiger charge is -2.02. The maximum atomic E-state index is 10.8. The molecule has 14 heavy (non-hydrogen) atoms. The van der Waals surface area contributed by atoms with Crippen LogP contribution in [0.4, 0.5) is 0 Å². The molecule has 2 N–H and O–H groups in total.